The van der Waals surface area contributed by atoms with Crippen molar-refractivity contribution in [2.45, 2.75) is 0 Å². The number of amides is 3. The second-order valence-electron chi connectivity index (χ2n) is 5.36. The lowest BCUT2D eigenvalue weighted by Gasteiger charge is -2.18. The molecule has 0 bridgehead atoms. The van der Waals surface area contributed by atoms with E-state index in [9.17, 15) is 14.0 Å². The topological polar surface area (TPSA) is 52.7 Å². The highest BCUT2D eigenvalue weighted by Crippen LogP contribution is 2.23. The highest BCUT2D eigenvalue weighted by molar-refractivity contribution is 6.30. The molecule has 0 saturated carbocycles. The Balaban J connectivity index is 1.62. The van der Waals surface area contributed by atoms with Gasteiger partial charge in [-0.1, -0.05) is 23.7 Å². The summed E-state index contributed by atoms with van der Waals surface area (Å²) < 4.78 is 13.8. The van der Waals surface area contributed by atoms with Crippen LogP contribution in [0.4, 0.5) is 20.6 Å². The van der Waals surface area contributed by atoms with Gasteiger partial charge in [0, 0.05) is 23.8 Å². The zero-order chi connectivity index (χ0) is 17.1. The van der Waals surface area contributed by atoms with Crippen molar-refractivity contribution in [3.8, 4) is 0 Å². The lowest BCUT2D eigenvalue weighted by atomic mass is 10.3. The molecule has 3 rings (SSSR count). The van der Waals surface area contributed by atoms with E-state index < -0.39 is 5.82 Å². The van der Waals surface area contributed by atoms with Crippen LogP contribution in [0.15, 0.2) is 48.5 Å². The Morgan fingerprint density at radius 3 is 2.54 bits per heavy atom. The number of halogens is 2. The van der Waals surface area contributed by atoms with Gasteiger partial charge in [0.05, 0.1) is 5.69 Å². The van der Waals surface area contributed by atoms with Gasteiger partial charge in [0.15, 0.2) is 0 Å². The molecule has 0 radical (unpaired) electrons. The molecule has 7 heteroatoms. The number of rotatable bonds is 4. The summed E-state index contributed by atoms with van der Waals surface area (Å²) in [5.74, 6) is -0.778. The van der Waals surface area contributed by atoms with E-state index in [1.54, 1.807) is 42.5 Å². The van der Waals surface area contributed by atoms with Crippen molar-refractivity contribution in [3.63, 3.8) is 0 Å². The predicted octanol–water partition coefficient (Wildman–Crippen LogP) is 3.36. The number of carbonyl (C=O) groups excluding carboxylic acids is 2. The van der Waals surface area contributed by atoms with Crippen molar-refractivity contribution >= 4 is 34.9 Å². The molecular weight excluding hydrogens is 333 g/mol. The first-order valence-corrected chi connectivity index (χ1v) is 7.79. The normalized spacial score (nSPS) is 14.2. The highest BCUT2D eigenvalue weighted by Gasteiger charge is 2.32. The maximum absolute atomic E-state index is 13.8. The molecule has 1 aliphatic heterocycles. The van der Waals surface area contributed by atoms with Crippen LogP contribution in [-0.4, -0.2) is 36.5 Å². The summed E-state index contributed by atoms with van der Waals surface area (Å²) in [5, 5.41) is 3.27. The Labute approximate surface area is 143 Å². The molecule has 2 aromatic carbocycles. The van der Waals surface area contributed by atoms with Crippen molar-refractivity contribution in [2.24, 2.45) is 0 Å². The van der Waals surface area contributed by atoms with Crippen molar-refractivity contribution in [1.82, 2.24) is 4.90 Å². The smallest absolute Gasteiger partial charge is 0.325 e. The van der Waals surface area contributed by atoms with E-state index in [1.165, 1.54) is 15.9 Å². The van der Waals surface area contributed by atoms with Crippen molar-refractivity contribution in [3.05, 3.63) is 59.4 Å². The van der Waals surface area contributed by atoms with Crippen LogP contribution in [0.5, 0.6) is 0 Å². The van der Waals surface area contributed by atoms with Gasteiger partial charge < -0.3 is 10.2 Å². The van der Waals surface area contributed by atoms with Gasteiger partial charge in [-0.2, -0.15) is 0 Å². The van der Waals surface area contributed by atoms with Crippen LogP contribution in [0.1, 0.15) is 0 Å². The van der Waals surface area contributed by atoms with Crippen molar-refractivity contribution in [2.75, 3.05) is 29.9 Å². The van der Waals surface area contributed by atoms with E-state index in [0.29, 0.717) is 23.8 Å². The SMILES string of the molecule is O=C(CN1CCN(c2ccccc2F)C1=O)Nc1ccc(Cl)cc1. The number of hydrogen-bond donors (Lipinski definition) is 1. The fourth-order valence-corrected chi connectivity index (χ4v) is 2.66. The van der Waals surface area contributed by atoms with Gasteiger partial charge in [0.2, 0.25) is 5.91 Å². The Kier molecular flexibility index (Phi) is 4.66. The lowest BCUT2D eigenvalue weighted by molar-refractivity contribution is -0.116. The first kappa shape index (κ1) is 16.3. The number of para-hydroxylation sites is 1. The summed E-state index contributed by atoms with van der Waals surface area (Å²) in [6.07, 6.45) is 0. The average molecular weight is 348 g/mol. The van der Waals surface area contributed by atoms with Crippen molar-refractivity contribution in [1.29, 1.82) is 0 Å². The second-order valence-corrected chi connectivity index (χ2v) is 5.80. The Morgan fingerprint density at radius 1 is 1.12 bits per heavy atom. The number of urea groups is 1. The minimum Gasteiger partial charge on any atom is -0.325 e. The third-order valence-corrected chi connectivity index (χ3v) is 3.95. The molecule has 5 nitrogen and oxygen atoms in total. The third kappa shape index (κ3) is 3.49. The zero-order valence-corrected chi connectivity index (χ0v) is 13.5. The Morgan fingerprint density at radius 2 is 1.83 bits per heavy atom. The molecule has 0 aromatic heterocycles. The second kappa shape index (κ2) is 6.88. The quantitative estimate of drug-likeness (QED) is 0.922. The average Bonchev–Trinajstić information content (AvgIpc) is 2.91. The molecule has 0 unspecified atom stereocenters. The first-order chi connectivity index (χ1) is 11.5. The number of carbonyl (C=O) groups is 2. The van der Waals surface area contributed by atoms with Crippen LogP contribution < -0.4 is 10.2 Å². The minimum atomic E-state index is -0.460. The monoisotopic (exact) mass is 347 g/mol. The van der Waals surface area contributed by atoms with Crippen LogP contribution in [0, 0.1) is 5.82 Å². The van der Waals surface area contributed by atoms with Gasteiger partial charge in [0.1, 0.15) is 12.4 Å². The van der Waals surface area contributed by atoms with Crippen LogP contribution in [0.25, 0.3) is 0 Å². The van der Waals surface area contributed by atoms with E-state index >= 15 is 0 Å². The summed E-state index contributed by atoms with van der Waals surface area (Å²) in [6.45, 7) is 0.613. The van der Waals surface area contributed by atoms with E-state index in [4.69, 9.17) is 11.6 Å². The van der Waals surface area contributed by atoms with Crippen LogP contribution in [0.3, 0.4) is 0 Å². The molecule has 1 heterocycles. The number of nitrogens with one attached hydrogen (secondary N) is 1. The van der Waals surface area contributed by atoms with Gasteiger partial charge in [-0.25, -0.2) is 9.18 Å². The van der Waals surface area contributed by atoms with Gasteiger partial charge >= 0.3 is 6.03 Å². The molecule has 2 aromatic rings. The predicted molar refractivity (Wildman–Crippen MR) is 90.8 cm³/mol. The van der Waals surface area contributed by atoms with Crippen molar-refractivity contribution < 1.29 is 14.0 Å². The number of benzene rings is 2. The molecule has 1 aliphatic rings. The van der Waals surface area contributed by atoms with E-state index in [2.05, 4.69) is 5.32 Å². The Bertz CT molecular complexity index is 767. The molecule has 1 fully saturated rings. The van der Waals surface area contributed by atoms with E-state index in [0.717, 1.165) is 0 Å². The number of anilines is 2. The Hall–Kier alpha value is -2.60. The molecule has 0 spiro atoms. The van der Waals surface area contributed by atoms with Gasteiger partial charge in [0.25, 0.3) is 0 Å². The molecule has 1 N–H and O–H groups in total. The maximum Gasteiger partial charge on any atom is 0.325 e. The summed E-state index contributed by atoms with van der Waals surface area (Å²) in [6, 6.07) is 12.4. The highest BCUT2D eigenvalue weighted by atomic mass is 35.5. The maximum atomic E-state index is 13.8. The molecule has 0 aliphatic carbocycles. The molecule has 24 heavy (non-hydrogen) atoms. The fourth-order valence-electron chi connectivity index (χ4n) is 2.53. The number of nitrogens with zero attached hydrogens (tertiary/aromatic N) is 2. The van der Waals surface area contributed by atoms with Gasteiger partial charge in [-0.3, -0.25) is 9.69 Å². The van der Waals surface area contributed by atoms with Crippen LogP contribution in [0.2, 0.25) is 5.02 Å². The molecule has 3 amide bonds. The van der Waals surface area contributed by atoms with Gasteiger partial charge in [-0.05, 0) is 36.4 Å². The first-order valence-electron chi connectivity index (χ1n) is 7.41. The summed E-state index contributed by atoms with van der Waals surface area (Å²) in [4.78, 5) is 27.2. The molecule has 124 valence electrons. The summed E-state index contributed by atoms with van der Waals surface area (Å²) in [7, 11) is 0. The van der Waals surface area contributed by atoms with Crippen LogP contribution in [-0.2, 0) is 4.79 Å². The fraction of sp³-hybridized carbons (Fsp3) is 0.176. The summed E-state index contributed by atoms with van der Waals surface area (Å²) >= 11 is 5.79. The standard InChI is InChI=1S/C17H15ClFN3O2/c18-12-5-7-13(8-6-12)20-16(23)11-21-9-10-22(17(21)24)15-4-2-1-3-14(15)19/h1-8H,9-11H2,(H,20,23). The lowest BCUT2D eigenvalue weighted by Crippen LogP contribution is -2.37. The molecule has 0 atom stereocenters. The zero-order valence-electron chi connectivity index (χ0n) is 12.7. The third-order valence-electron chi connectivity index (χ3n) is 3.70. The van der Waals surface area contributed by atoms with Gasteiger partial charge in [-0.15, -0.1) is 0 Å². The number of hydrogen-bond acceptors (Lipinski definition) is 2. The molecular formula is C17H15ClFN3O2. The van der Waals surface area contributed by atoms with E-state index in [1.807, 2.05) is 0 Å². The minimum absolute atomic E-state index is 0.0909. The summed E-state index contributed by atoms with van der Waals surface area (Å²) in [5.41, 5.74) is 0.824. The van der Waals surface area contributed by atoms with E-state index in [-0.39, 0.29) is 24.2 Å². The largest absolute Gasteiger partial charge is 0.325 e. The molecule has 1 saturated heterocycles. The van der Waals surface area contributed by atoms with Crippen LogP contribution >= 0.6 is 11.6 Å².